The van der Waals surface area contributed by atoms with Gasteiger partial charge < -0.3 is 18.9 Å². The number of fused-ring (bicyclic) bond motifs is 1. The van der Waals surface area contributed by atoms with Gasteiger partial charge in [-0.2, -0.15) is 5.26 Å². The van der Waals surface area contributed by atoms with Crippen molar-refractivity contribution < 1.29 is 18.9 Å². The standard InChI is InChI=1S/C22H16NO4/c1-15-4-2-3-5-19(15)27-21-11-18(8-7-17(21)12-23)24-13-16-6-9-20-22(10-16)26-14-25-20/h2-3,5-11H,13-14H2,1H3. The zero-order valence-corrected chi connectivity index (χ0v) is 14.7. The van der Waals surface area contributed by atoms with Crippen LogP contribution >= 0.6 is 0 Å². The van der Waals surface area contributed by atoms with Gasteiger partial charge in [-0.1, -0.05) is 18.2 Å². The van der Waals surface area contributed by atoms with E-state index in [2.05, 4.69) is 12.1 Å². The summed E-state index contributed by atoms with van der Waals surface area (Å²) >= 11 is 0. The molecular weight excluding hydrogens is 342 g/mol. The lowest BCUT2D eigenvalue weighted by Crippen LogP contribution is -1.97. The van der Waals surface area contributed by atoms with Crippen LogP contribution in [0.15, 0.2) is 54.6 Å². The minimum atomic E-state index is 0.242. The Morgan fingerprint density at radius 3 is 2.81 bits per heavy atom. The van der Waals surface area contributed by atoms with Crippen molar-refractivity contribution in [2.45, 2.75) is 13.5 Å². The molecule has 0 N–H and O–H groups in total. The Bertz CT molecular complexity index is 1020. The molecule has 0 spiro atoms. The zero-order valence-electron chi connectivity index (χ0n) is 14.7. The highest BCUT2D eigenvalue weighted by Gasteiger charge is 2.14. The molecule has 3 aromatic rings. The summed E-state index contributed by atoms with van der Waals surface area (Å²) in [6.07, 6.45) is 0. The van der Waals surface area contributed by atoms with Crippen molar-refractivity contribution in [2.24, 2.45) is 0 Å². The Balaban J connectivity index is 1.52. The van der Waals surface area contributed by atoms with Crippen LogP contribution in [0, 0.1) is 24.3 Å². The summed E-state index contributed by atoms with van der Waals surface area (Å²) in [5.74, 6) is 3.17. The summed E-state index contributed by atoms with van der Waals surface area (Å²) in [6, 6.07) is 21.6. The molecule has 27 heavy (non-hydrogen) atoms. The number of hydrogen-bond donors (Lipinski definition) is 0. The van der Waals surface area contributed by atoms with Crippen molar-refractivity contribution in [2.75, 3.05) is 6.79 Å². The summed E-state index contributed by atoms with van der Waals surface area (Å²) in [7, 11) is 0. The number of nitrogens with zero attached hydrogens (tertiary/aromatic N) is 1. The fraction of sp³-hybridized carbons (Fsp3) is 0.136. The van der Waals surface area contributed by atoms with Gasteiger partial charge in [0.1, 0.15) is 29.9 Å². The van der Waals surface area contributed by atoms with Gasteiger partial charge >= 0.3 is 0 Å². The molecule has 5 nitrogen and oxygen atoms in total. The molecule has 5 heteroatoms. The third-order valence-corrected chi connectivity index (χ3v) is 4.15. The monoisotopic (exact) mass is 358 g/mol. The van der Waals surface area contributed by atoms with Crippen LogP contribution in [0.2, 0.25) is 0 Å². The molecule has 133 valence electrons. The van der Waals surface area contributed by atoms with Gasteiger partial charge in [0.2, 0.25) is 6.79 Å². The maximum absolute atomic E-state index is 9.35. The van der Waals surface area contributed by atoms with Crippen LogP contribution in [-0.4, -0.2) is 6.79 Å². The number of benzene rings is 3. The Kier molecular flexibility index (Phi) is 4.54. The first kappa shape index (κ1) is 16.8. The third kappa shape index (κ3) is 3.65. The second-order valence-electron chi connectivity index (χ2n) is 6.01. The molecule has 0 unspecified atom stereocenters. The van der Waals surface area contributed by atoms with E-state index < -0.39 is 0 Å². The van der Waals surface area contributed by atoms with E-state index in [9.17, 15) is 5.26 Å². The summed E-state index contributed by atoms with van der Waals surface area (Å²) in [5.41, 5.74) is 2.27. The summed E-state index contributed by atoms with van der Waals surface area (Å²) in [4.78, 5) is 0. The fourth-order valence-corrected chi connectivity index (χ4v) is 2.70. The van der Waals surface area contributed by atoms with E-state index in [-0.39, 0.29) is 6.79 Å². The molecule has 0 atom stereocenters. The topological polar surface area (TPSA) is 60.7 Å². The highest BCUT2D eigenvalue weighted by atomic mass is 16.7. The maximum Gasteiger partial charge on any atom is 0.231 e. The summed E-state index contributed by atoms with van der Waals surface area (Å²) < 4.78 is 22.5. The Morgan fingerprint density at radius 1 is 1.07 bits per heavy atom. The summed E-state index contributed by atoms with van der Waals surface area (Å²) in [6.45, 7) is 2.51. The molecule has 1 radical (unpaired) electrons. The molecule has 0 amide bonds. The minimum Gasteiger partial charge on any atom is -0.489 e. The van der Waals surface area contributed by atoms with E-state index in [1.165, 1.54) is 0 Å². The van der Waals surface area contributed by atoms with Gasteiger partial charge in [0.05, 0.1) is 5.56 Å². The molecule has 0 bridgehead atoms. The molecule has 0 aliphatic carbocycles. The molecule has 1 heterocycles. The number of hydrogen-bond acceptors (Lipinski definition) is 5. The van der Waals surface area contributed by atoms with E-state index in [0.717, 1.165) is 22.6 Å². The SMILES string of the molecule is Cc1[c]cccc1Oc1cc(OCc2ccc3c(c2)OCO3)ccc1C#N. The van der Waals surface area contributed by atoms with Crippen LogP contribution in [-0.2, 0) is 6.61 Å². The van der Waals surface area contributed by atoms with E-state index >= 15 is 0 Å². The molecule has 1 aliphatic rings. The number of nitriles is 1. The van der Waals surface area contributed by atoms with E-state index in [1.54, 1.807) is 18.2 Å². The molecule has 0 fully saturated rings. The second kappa shape index (κ2) is 7.30. The number of aryl methyl sites for hydroxylation is 1. The number of rotatable bonds is 5. The summed E-state index contributed by atoms with van der Waals surface area (Å²) in [5, 5.41) is 9.35. The van der Waals surface area contributed by atoms with Gasteiger partial charge in [-0.25, -0.2) is 0 Å². The predicted octanol–water partition coefficient (Wildman–Crippen LogP) is 4.77. The van der Waals surface area contributed by atoms with Crippen LogP contribution in [0.25, 0.3) is 0 Å². The average Bonchev–Trinajstić information content (AvgIpc) is 3.16. The molecule has 0 aromatic heterocycles. The van der Waals surface area contributed by atoms with Crippen molar-refractivity contribution in [3.05, 3.63) is 77.4 Å². The van der Waals surface area contributed by atoms with Crippen molar-refractivity contribution in [3.8, 4) is 34.8 Å². The lowest BCUT2D eigenvalue weighted by atomic mass is 10.2. The van der Waals surface area contributed by atoms with E-state index in [4.69, 9.17) is 18.9 Å². The Hall–Kier alpha value is -3.65. The highest BCUT2D eigenvalue weighted by Crippen LogP contribution is 2.34. The second-order valence-corrected chi connectivity index (χ2v) is 6.01. The van der Waals surface area contributed by atoms with Crippen molar-refractivity contribution in [3.63, 3.8) is 0 Å². The first-order valence-electron chi connectivity index (χ1n) is 8.43. The largest absolute Gasteiger partial charge is 0.489 e. The number of ether oxygens (including phenoxy) is 4. The van der Waals surface area contributed by atoms with Crippen LogP contribution < -0.4 is 18.9 Å². The van der Waals surface area contributed by atoms with E-state index in [1.807, 2.05) is 43.3 Å². The predicted molar refractivity (Wildman–Crippen MR) is 98.1 cm³/mol. The van der Waals surface area contributed by atoms with Gasteiger partial charge in [0, 0.05) is 6.07 Å². The normalized spacial score (nSPS) is 11.7. The van der Waals surface area contributed by atoms with Crippen molar-refractivity contribution in [1.29, 1.82) is 5.26 Å². The van der Waals surface area contributed by atoms with Gasteiger partial charge in [0.15, 0.2) is 11.5 Å². The molecular formula is C22H16NO4. The lowest BCUT2D eigenvalue weighted by molar-refractivity contribution is 0.174. The minimum absolute atomic E-state index is 0.242. The van der Waals surface area contributed by atoms with Gasteiger partial charge in [-0.3, -0.25) is 0 Å². The first-order chi connectivity index (χ1) is 13.2. The van der Waals surface area contributed by atoms with Crippen molar-refractivity contribution in [1.82, 2.24) is 0 Å². The zero-order chi connectivity index (χ0) is 18.6. The molecule has 0 saturated carbocycles. The average molecular weight is 358 g/mol. The van der Waals surface area contributed by atoms with Crippen LogP contribution in [0.3, 0.4) is 0 Å². The molecule has 1 aliphatic heterocycles. The highest BCUT2D eigenvalue weighted by molar-refractivity contribution is 5.50. The molecule has 3 aromatic carbocycles. The van der Waals surface area contributed by atoms with Gasteiger partial charge in [-0.05, 0) is 54.4 Å². The van der Waals surface area contributed by atoms with Crippen LogP contribution in [0.4, 0.5) is 0 Å². The Morgan fingerprint density at radius 2 is 1.96 bits per heavy atom. The van der Waals surface area contributed by atoms with Crippen LogP contribution in [0.1, 0.15) is 16.7 Å². The third-order valence-electron chi connectivity index (χ3n) is 4.15. The van der Waals surface area contributed by atoms with E-state index in [0.29, 0.717) is 29.4 Å². The maximum atomic E-state index is 9.35. The first-order valence-corrected chi connectivity index (χ1v) is 8.43. The quantitative estimate of drug-likeness (QED) is 0.658. The van der Waals surface area contributed by atoms with Crippen LogP contribution in [0.5, 0.6) is 28.7 Å². The van der Waals surface area contributed by atoms with Gasteiger partial charge in [0.25, 0.3) is 0 Å². The smallest absolute Gasteiger partial charge is 0.231 e. The van der Waals surface area contributed by atoms with Crippen molar-refractivity contribution >= 4 is 0 Å². The lowest BCUT2D eigenvalue weighted by Gasteiger charge is -2.12. The van der Waals surface area contributed by atoms with Gasteiger partial charge in [-0.15, -0.1) is 0 Å². The molecule has 0 saturated heterocycles. The Labute approximate surface area is 157 Å². The fourth-order valence-electron chi connectivity index (χ4n) is 2.70. The molecule has 4 rings (SSSR count).